The van der Waals surface area contributed by atoms with Crippen molar-refractivity contribution in [1.29, 1.82) is 0 Å². The van der Waals surface area contributed by atoms with Crippen LogP contribution in [0.25, 0.3) is 0 Å². The van der Waals surface area contributed by atoms with E-state index in [0.717, 1.165) is 75.6 Å². The highest BCUT2D eigenvalue weighted by molar-refractivity contribution is 14.0. The Hall–Kier alpha value is -1.56. The van der Waals surface area contributed by atoms with Crippen LogP contribution < -0.4 is 10.6 Å². The molecule has 1 aliphatic heterocycles. The Morgan fingerprint density at radius 1 is 1.16 bits per heavy atom. The van der Waals surface area contributed by atoms with Gasteiger partial charge in [0.05, 0.1) is 11.5 Å². The minimum atomic E-state index is -0.400. The van der Waals surface area contributed by atoms with E-state index in [1.807, 2.05) is 16.7 Å². The molecule has 1 heterocycles. The number of non-ortho nitro benzene ring substituents is 1. The molecular formula is C21H34IN5O3S. The number of rotatable bonds is 11. The number of thioether (sulfide) groups is 1. The van der Waals surface area contributed by atoms with Crippen molar-refractivity contribution >= 4 is 53.3 Å². The highest BCUT2D eigenvalue weighted by Crippen LogP contribution is 2.13. The number of carbonyl (C=O) groups excluding carboxylic acids is 1. The molecule has 1 amide bonds. The lowest BCUT2D eigenvalue weighted by atomic mass is 10.2. The fourth-order valence-electron chi connectivity index (χ4n) is 3.24. The number of nitrogens with one attached hydrogen (secondary N) is 2. The van der Waals surface area contributed by atoms with Crippen LogP contribution >= 0.6 is 35.7 Å². The van der Waals surface area contributed by atoms with Gasteiger partial charge in [-0.15, -0.1) is 24.0 Å². The number of nitro groups is 1. The Balaban J connectivity index is 0.00000480. The van der Waals surface area contributed by atoms with Gasteiger partial charge in [0.2, 0.25) is 5.91 Å². The van der Waals surface area contributed by atoms with Crippen LogP contribution in [0.4, 0.5) is 5.69 Å². The van der Waals surface area contributed by atoms with Crippen LogP contribution in [-0.4, -0.2) is 59.9 Å². The summed E-state index contributed by atoms with van der Waals surface area (Å²) in [6.07, 6.45) is 7.92. The van der Waals surface area contributed by atoms with E-state index in [1.165, 1.54) is 12.1 Å². The first-order valence-electron chi connectivity index (χ1n) is 10.6. The SMILES string of the molecule is CSCCCNC(=NCc1ccc([N+](=O)[O-])cc1)NCCCN1CCCCCC1=O.I. The van der Waals surface area contributed by atoms with E-state index in [2.05, 4.69) is 21.9 Å². The van der Waals surface area contributed by atoms with E-state index in [9.17, 15) is 14.9 Å². The van der Waals surface area contributed by atoms with Crippen molar-refractivity contribution in [3.63, 3.8) is 0 Å². The van der Waals surface area contributed by atoms with E-state index in [1.54, 1.807) is 12.1 Å². The van der Waals surface area contributed by atoms with Crippen molar-refractivity contribution in [1.82, 2.24) is 15.5 Å². The van der Waals surface area contributed by atoms with Crippen molar-refractivity contribution in [3.05, 3.63) is 39.9 Å². The lowest BCUT2D eigenvalue weighted by molar-refractivity contribution is -0.384. The second-order valence-corrected chi connectivity index (χ2v) is 8.32. The van der Waals surface area contributed by atoms with Gasteiger partial charge in [0.1, 0.15) is 0 Å². The summed E-state index contributed by atoms with van der Waals surface area (Å²) in [6.45, 7) is 3.65. The molecule has 2 N–H and O–H groups in total. The number of halogens is 1. The molecule has 31 heavy (non-hydrogen) atoms. The molecule has 1 fully saturated rings. The lowest BCUT2D eigenvalue weighted by Crippen LogP contribution is -2.40. The fraction of sp³-hybridized carbons (Fsp3) is 0.619. The Morgan fingerprint density at radius 3 is 2.55 bits per heavy atom. The zero-order valence-corrected chi connectivity index (χ0v) is 21.3. The molecule has 0 saturated carbocycles. The number of nitrogens with zero attached hydrogens (tertiary/aromatic N) is 3. The maximum absolute atomic E-state index is 12.1. The average molecular weight is 564 g/mol. The summed E-state index contributed by atoms with van der Waals surface area (Å²) in [5.74, 6) is 2.09. The van der Waals surface area contributed by atoms with Crippen LogP contribution in [-0.2, 0) is 11.3 Å². The smallest absolute Gasteiger partial charge is 0.269 e. The number of nitro benzene ring substituents is 1. The molecule has 0 aromatic heterocycles. The number of likely N-dealkylation sites (tertiary alicyclic amines) is 1. The van der Waals surface area contributed by atoms with E-state index >= 15 is 0 Å². The van der Waals surface area contributed by atoms with Crippen LogP contribution in [0, 0.1) is 10.1 Å². The van der Waals surface area contributed by atoms with Crippen molar-refractivity contribution in [2.24, 2.45) is 4.99 Å². The van der Waals surface area contributed by atoms with E-state index in [0.29, 0.717) is 13.0 Å². The Kier molecular flexibility index (Phi) is 14.3. The van der Waals surface area contributed by atoms with Gasteiger partial charge in [0.25, 0.3) is 5.69 Å². The predicted octanol–water partition coefficient (Wildman–Crippen LogP) is 3.79. The van der Waals surface area contributed by atoms with E-state index < -0.39 is 4.92 Å². The second kappa shape index (κ2) is 16.1. The summed E-state index contributed by atoms with van der Waals surface area (Å²) < 4.78 is 0. The minimum absolute atomic E-state index is 0. The molecule has 2 rings (SSSR count). The number of carbonyl (C=O) groups is 1. The summed E-state index contributed by atoms with van der Waals surface area (Å²) >= 11 is 1.81. The number of benzene rings is 1. The maximum Gasteiger partial charge on any atom is 0.269 e. The second-order valence-electron chi connectivity index (χ2n) is 7.33. The van der Waals surface area contributed by atoms with Crippen LogP contribution in [0.1, 0.15) is 44.1 Å². The molecule has 0 bridgehead atoms. The standard InChI is InChI=1S/C21H33N5O3S.HI/c1-30-16-6-13-23-21(24-17-18-8-10-19(11-9-18)26(28)29)22-12-5-15-25-14-4-2-3-7-20(25)27;/h8-11H,2-7,12-17H2,1H3,(H2,22,23,24);1H. The largest absolute Gasteiger partial charge is 0.356 e. The summed E-state index contributed by atoms with van der Waals surface area (Å²) in [5, 5.41) is 17.5. The van der Waals surface area contributed by atoms with E-state index in [4.69, 9.17) is 0 Å². The molecule has 1 saturated heterocycles. The predicted molar refractivity (Wildman–Crippen MR) is 138 cm³/mol. The molecule has 1 aliphatic rings. The maximum atomic E-state index is 12.1. The van der Waals surface area contributed by atoms with Crippen molar-refractivity contribution in [3.8, 4) is 0 Å². The normalized spacial score (nSPS) is 14.5. The van der Waals surface area contributed by atoms with Crippen LogP contribution in [0.3, 0.4) is 0 Å². The summed E-state index contributed by atoms with van der Waals surface area (Å²) in [4.78, 5) is 29.1. The van der Waals surface area contributed by atoms with Gasteiger partial charge in [-0.05, 0) is 43.3 Å². The molecule has 0 radical (unpaired) electrons. The third-order valence-electron chi connectivity index (χ3n) is 4.95. The topological polar surface area (TPSA) is 99.9 Å². The van der Waals surface area contributed by atoms with Gasteiger partial charge in [-0.25, -0.2) is 4.99 Å². The Bertz CT molecular complexity index is 703. The molecule has 0 aliphatic carbocycles. The monoisotopic (exact) mass is 563 g/mol. The molecule has 1 aromatic rings. The molecule has 0 spiro atoms. The number of guanidine groups is 1. The van der Waals surface area contributed by atoms with Crippen molar-refractivity contribution < 1.29 is 9.72 Å². The first kappa shape index (κ1) is 27.5. The number of amides is 1. The van der Waals surface area contributed by atoms with Crippen LogP contribution in [0.15, 0.2) is 29.3 Å². The van der Waals surface area contributed by atoms with Gasteiger partial charge < -0.3 is 15.5 Å². The van der Waals surface area contributed by atoms with Gasteiger partial charge in [-0.2, -0.15) is 11.8 Å². The Labute approximate surface area is 206 Å². The quantitative estimate of drug-likeness (QED) is 0.106. The zero-order chi connectivity index (χ0) is 21.6. The van der Waals surface area contributed by atoms with Crippen LogP contribution in [0.2, 0.25) is 0 Å². The lowest BCUT2D eigenvalue weighted by Gasteiger charge is -2.21. The van der Waals surface area contributed by atoms with Gasteiger partial charge in [-0.3, -0.25) is 14.9 Å². The number of aliphatic imine (C=N–C) groups is 1. The summed E-state index contributed by atoms with van der Waals surface area (Å²) in [6, 6.07) is 6.47. The van der Waals surface area contributed by atoms with E-state index in [-0.39, 0.29) is 35.6 Å². The molecule has 10 heteroatoms. The van der Waals surface area contributed by atoms with Gasteiger partial charge >= 0.3 is 0 Å². The zero-order valence-electron chi connectivity index (χ0n) is 18.2. The third-order valence-corrected chi connectivity index (χ3v) is 5.65. The minimum Gasteiger partial charge on any atom is -0.356 e. The molecule has 1 aromatic carbocycles. The van der Waals surface area contributed by atoms with Gasteiger partial charge in [0, 0.05) is 44.7 Å². The molecule has 0 atom stereocenters. The molecule has 174 valence electrons. The van der Waals surface area contributed by atoms with Crippen molar-refractivity contribution in [2.45, 2.75) is 45.1 Å². The molecular weight excluding hydrogens is 529 g/mol. The number of hydrogen-bond donors (Lipinski definition) is 2. The first-order valence-corrected chi connectivity index (χ1v) is 12.0. The van der Waals surface area contributed by atoms with Crippen molar-refractivity contribution in [2.75, 3.05) is 38.2 Å². The summed E-state index contributed by atoms with van der Waals surface area (Å²) in [7, 11) is 0. The number of hydrogen-bond acceptors (Lipinski definition) is 5. The highest BCUT2D eigenvalue weighted by atomic mass is 127. The first-order chi connectivity index (χ1) is 14.6. The van der Waals surface area contributed by atoms with Gasteiger partial charge in [0.15, 0.2) is 5.96 Å². The summed E-state index contributed by atoms with van der Waals surface area (Å²) in [5.41, 5.74) is 1.00. The molecule has 8 nitrogen and oxygen atoms in total. The molecule has 0 unspecified atom stereocenters. The average Bonchev–Trinajstić information content (AvgIpc) is 2.96. The Morgan fingerprint density at radius 2 is 1.87 bits per heavy atom. The third kappa shape index (κ3) is 11.0. The highest BCUT2D eigenvalue weighted by Gasteiger charge is 2.15. The fourth-order valence-corrected chi connectivity index (χ4v) is 3.68. The van der Waals surface area contributed by atoms with Crippen LogP contribution in [0.5, 0.6) is 0 Å². The van der Waals surface area contributed by atoms with Gasteiger partial charge in [-0.1, -0.05) is 18.6 Å².